The van der Waals surface area contributed by atoms with Crippen LogP contribution in [0.5, 0.6) is 0 Å². The summed E-state index contributed by atoms with van der Waals surface area (Å²) in [5, 5.41) is 25.4. The Morgan fingerprint density at radius 2 is 1.88 bits per heavy atom. The zero-order valence-electron chi connectivity index (χ0n) is 26.4. The lowest BCUT2D eigenvalue weighted by molar-refractivity contribution is -0.205. The molecule has 4 aliphatic carbocycles. The Balaban J connectivity index is 1.46. The predicted molar refractivity (Wildman–Crippen MR) is 165 cm³/mol. The van der Waals surface area contributed by atoms with Crippen molar-refractivity contribution >= 4 is 29.4 Å². The van der Waals surface area contributed by atoms with Crippen LogP contribution in [-0.2, 0) is 19.1 Å². The molecule has 9 heteroatoms. The molecule has 42 heavy (non-hydrogen) atoms. The van der Waals surface area contributed by atoms with Crippen molar-refractivity contribution < 1.29 is 29.3 Å². The number of ketones is 1. The zero-order chi connectivity index (χ0) is 31.2. The number of carbonyl (C=O) groups is 3. The summed E-state index contributed by atoms with van der Waals surface area (Å²) in [7, 11) is 0. The lowest BCUT2D eigenvalue weighted by atomic mass is 9.44. The van der Waals surface area contributed by atoms with Gasteiger partial charge in [-0.2, -0.15) is 0 Å². The van der Waals surface area contributed by atoms with Gasteiger partial charge in [0.2, 0.25) is 5.91 Å². The molecule has 0 saturated heterocycles. The normalized spacial score (nSPS) is 44.5. The SMILES string of the molecule is C=C[C@]1(C)C[C@@H](OC(=O)CS[C@H]2CC[C@H](NC(=O)[C@H](N)C(C)C)C[C@@H]2O)[C@]2(C)C(C)CCC3(CCC(=O)[C@H]32)[C@@H](C)[C@@H]1O. The molecule has 2 unspecified atom stereocenters. The maximum atomic E-state index is 13.6. The second kappa shape index (κ2) is 12.5. The number of thioether (sulfide) groups is 1. The van der Waals surface area contributed by atoms with Gasteiger partial charge in [-0.15, -0.1) is 18.3 Å². The van der Waals surface area contributed by atoms with E-state index in [4.69, 9.17) is 10.5 Å². The highest BCUT2D eigenvalue weighted by Crippen LogP contribution is 2.68. The van der Waals surface area contributed by atoms with Crippen LogP contribution in [0.3, 0.4) is 0 Å². The van der Waals surface area contributed by atoms with Crippen molar-refractivity contribution in [2.45, 2.75) is 129 Å². The summed E-state index contributed by atoms with van der Waals surface area (Å²) >= 11 is 1.39. The van der Waals surface area contributed by atoms with Gasteiger partial charge >= 0.3 is 5.97 Å². The second-order valence-electron chi connectivity index (χ2n) is 14.8. The number of aliphatic hydroxyl groups is 2. The largest absolute Gasteiger partial charge is 0.461 e. The fourth-order valence-corrected chi connectivity index (χ4v) is 9.97. The lowest BCUT2D eigenvalue weighted by Gasteiger charge is -2.61. The molecular formula is C33H54N2O6S. The predicted octanol–water partition coefficient (Wildman–Crippen LogP) is 4.01. The highest BCUT2D eigenvalue weighted by Gasteiger charge is 2.68. The van der Waals surface area contributed by atoms with Crippen LogP contribution in [0.2, 0.25) is 0 Å². The third-order valence-corrected chi connectivity index (χ3v) is 13.5. The van der Waals surface area contributed by atoms with Crippen LogP contribution in [-0.4, -0.2) is 69.3 Å². The third-order valence-electron chi connectivity index (χ3n) is 12.1. The van der Waals surface area contributed by atoms with Crippen LogP contribution in [0.1, 0.15) is 92.9 Å². The molecule has 0 aromatic heterocycles. The molecule has 0 heterocycles. The number of nitrogens with two attached hydrogens (primary N) is 1. The number of rotatable bonds is 8. The first-order valence-electron chi connectivity index (χ1n) is 16.0. The van der Waals surface area contributed by atoms with Gasteiger partial charge in [0.05, 0.1) is 24.0 Å². The molecule has 5 N–H and O–H groups in total. The van der Waals surface area contributed by atoms with Crippen molar-refractivity contribution in [3.63, 3.8) is 0 Å². The molecule has 0 aromatic rings. The van der Waals surface area contributed by atoms with Crippen molar-refractivity contribution in [2.75, 3.05) is 5.75 Å². The Kier molecular flexibility index (Phi) is 9.98. The van der Waals surface area contributed by atoms with Gasteiger partial charge in [-0.3, -0.25) is 14.4 Å². The molecule has 12 atom stereocenters. The summed E-state index contributed by atoms with van der Waals surface area (Å²) in [4.78, 5) is 39.4. The first kappa shape index (κ1) is 33.5. The van der Waals surface area contributed by atoms with Crippen molar-refractivity contribution in [1.82, 2.24) is 5.32 Å². The molecule has 0 aliphatic heterocycles. The number of hydrogen-bond donors (Lipinski definition) is 4. The first-order valence-corrected chi connectivity index (χ1v) is 17.0. The molecule has 0 aromatic carbocycles. The van der Waals surface area contributed by atoms with E-state index >= 15 is 0 Å². The van der Waals surface area contributed by atoms with E-state index in [9.17, 15) is 24.6 Å². The Labute approximate surface area is 256 Å². The quantitative estimate of drug-likeness (QED) is 0.240. The van der Waals surface area contributed by atoms with E-state index in [0.29, 0.717) is 32.1 Å². The van der Waals surface area contributed by atoms with E-state index in [1.165, 1.54) is 11.8 Å². The molecule has 4 aliphatic rings. The van der Waals surface area contributed by atoms with E-state index in [2.05, 4.69) is 32.7 Å². The second-order valence-corrected chi connectivity index (χ2v) is 16.0. The van der Waals surface area contributed by atoms with Crippen molar-refractivity contribution in [3.05, 3.63) is 12.7 Å². The number of aliphatic hydroxyl groups excluding tert-OH is 2. The molecule has 238 valence electrons. The van der Waals surface area contributed by atoms with Crippen LogP contribution in [0.4, 0.5) is 0 Å². The van der Waals surface area contributed by atoms with E-state index < -0.39 is 35.2 Å². The van der Waals surface area contributed by atoms with Gasteiger partial charge in [0.15, 0.2) is 0 Å². The van der Waals surface area contributed by atoms with E-state index in [0.717, 1.165) is 19.3 Å². The summed E-state index contributed by atoms with van der Waals surface area (Å²) in [6, 6.07) is -0.721. The average Bonchev–Trinajstić information content (AvgIpc) is 3.30. The fourth-order valence-electron chi connectivity index (χ4n) is 8.91. The van der Waals surface area contributed by atoms with Gasteiger partial charge in [-0.05, 0) is 68.1 Å². The molecule has 0 spiro atoms. The van der Waals surface area contributed by atoms with Crippen LogP contribution in [0, 0.1) is 39.9 Å². The summed E-state index contributed by atoms with van der Waals surface area (Å²) in [5.74, 6) is -0.349. The Morgan fingerprint density at radius 1 is 1.19 bits per heavy atom. The van der Waals surface area contributed by atoms with E-state index in [1.807, 2.05) is 26.8 Å². The Bertz CT molecular complexity index is 1050. The van der Waals surface area contributed by atoms with Crippen molar-refractivity contribution in [1.29, 1.82) is 0 Å². The number of nitrogens with one attached hydrogen (secondary N) is 1. The summed E-state index contributed by atoms with van der Waals surface area (Å²) in [6.07, 6.45) is 5.21. The number of carbonyl (C=O) groups excluding carboxylic acids is 3. The van der Waals surface area contributed by atoms with Crippen LogP contribution in [0.15, 0.2) is 12.7 Å². The molecule has 4 fully saturated rings. The maximum Gasteiger partial charge on any atom is 0.316 e. The number of hydrogen-bond acceptors (Lipinski definition) is 8. The lowest BCUT2D eigenvalue weighted by Crippen LogP contribution is -2.63. The number of ether oxygens (including phenoxy) is 1. The van der Waals surface area contributed by atoms with Crippen molar-refractivity contribution in [2.24, 2.45) is 45.7 Å². The molecular weight excluding hydrogens is 552 g/mol. The van der Waals surface area contributed by atoms with E-state index in [-0.39, 0.29) is 63.8 Å². The van der Waals surface area contributed by atoms with E-state index in [1.54, 1.807) is 0 Å². The van der Waals surface area contributed by atoms with Crippen LogP contribution >= 0.6 is 11.8 Å². The summed E-state index contributed by atoms with van der Waals surface area (Å²) in [6.45, 7) is 16.3. The Hall–Kier alpha value is -1.42. The minimum Gasteiger partial charge on any atom is -0.461 e. The number of esters is 1. The van der Waals surface area contributed by atoms with Crippen LogP contribution < -0.4 is 11.1 Å². The molecule has 4 saturated carbocycles. The molecule has 2 bridgehead atoms. The maximum absolute atomic E-state index is 13.6. The molecule has 1 amide bonds. The van der Waals surface area contributed by atoms with Gasteiger partial charge in [0, 0.05) is 34.5 Å². The molecule has 8 nitrogen and oxygen atoms in total. The summed E-state index contributed by atoms with van der Waals surface area (Å²) < 4.78 is 6.35. The Morgan fingerprint density at radius 3 is 2.50 bits per heavy atom. The monoisotopic (exact) mass is 606 g/mol. The molecule has 0 radical (unpaired) electrons. The molecule has 4 rings (SSSR count). The van der Waals surface area contributed by atoms with Gasteiger partial charge in [0.1, 0.15) is 11.9 Å². The van der Waals surface area contributed by atoms with Crippen LogP contribution in [0.25, 0.3) is 0 Å². The summed E-state index contributed by atoms with van der Waals surface area (Å²) in [5.41, 5.74) is 4.45. The van der Waals surface area contributed by atoms with Gasteiger partial charge in [0.25, 0.3) is 0 Å². The smallest absolute Gasteiger partial charge is 0.316 e. The minimum atomic E-state index is -0.696. The fraction of sp³-hybridized carbons (Fsp3) is 0.848. The number of amides is 1. The minimum absolute atomic E-state index is 0.0312. The number of Topliss-reactive ketones (excluding diaryl/α,β-unsaturated/α-hetero) is 1. The van der Waals surface area contributed by atoms with Gasteiger partial charge in [-0.25, -0.2) is 0 Å². The average molecular weight is 607 g/mol. The zero-order valence-corrected chi connectivity index (χ0v) is 27.3. The highest BCUT2D eigenvalue weighted by atomic mass is 32.2. The van der Waals surface area contributed by atoms with Crippen molar-refractivity contribution in [3.8, 4) is 0 Å². The first-order chi connectivity index (χ1) is 19.6. The topological polar surface area (TPSA) is 139 Å². The third kappa shape index (κ3) is 5.84. The standard InChI is InChI=1S/C33H54N2O6S/c1-8-31(6)16-25(32(7)19(4)11-13-33(20(5)29(31)39)14-12-22(36)28(32)33)41-26(38)17-42-24-10-9-21(15-23(24)37)35-30(40)27(34)18(2)3/h8,18-21,23-25,27-29,37,39H,1,9-17,34H2,2-7H3,(H,35,40)/t19?,20-,21-,23-,24-,25+,27+,28-,29-,31+,32-,33?/m0/s1. The van der Waals surface area contributed by atoms with Gasteiger partial charge < -0.3 is 26.0 Å². The highest BCUT2D eigenvalue weighted by molar-refractivity contribution is 8.00. The van der Waals surface area contributed by atoms with Gasteiger partial charge in [-0.1, -0.05) is 47.6 Å².